The van der Waals surface area contributed by atoms with Gasteiger partial charge in [0.15, 0.2) is 0 Å². The summed E-state index contributed by atoms with van der Waals surface area (Å²) in [5.74, 6) is 0.834. The lowest BCUT2D eigenvalue weighted by atomic mass is 9.71. The molecule has 1 aliphatic carbocycles. The van der Waals surface area contributed by atoms with E-state index >= 15 is 0 Å². The van der Waals surface area contributed by atoms with Crippen LogP contribution in [-0.4, -0.2) is 5.50 Å². The van der Waals surface area contributed by atoms with E-state index in [1.807, 2.05) is 11.8 Å². The summed E-state index contributed by atoms with van der Waals surface area (Å²) in [4.78, 5) is 1.53. The third kappa shape index (κ3) is 2.18. The second-order valence-electron chi connectivity index (χ2n) is 5.37. The van der Waals surface area contributed by atoms with Gasteiger partial charge in [0.2, 0.25) is 0 Å². The van der Waals surface area contributed by atoms with Crippen molar-refractivity contribution in [3.63, 3.8) is 0 Å². The molecule has 3 heteroatoms. The zero-order valence-electron chi connectivity index (χ0n) is 9.97. The highest BCUT2D eigenvalue weighted by molar-refractivity contribution is 8.03. The molecule has 0 spiro atoms. The topological polar surface area (TPSA) is 38.0 Å². The Bertz CT molecular complexity index is 283. The summed E-state index contributed by atoms with van der Waals surface area (Å²) in [7, 11) is 0. The molecule has 2 unspecified atom stereocenters. The first-order chi connectivity index (χ1) is 7.03. The van der Waals surface area contributed by atoms with Crippen LogP contribution in [0.25, 0.3) is 0 Å². The maximum Gasteiger partial charge on any atom is 0.127 e. The zero-order chi connectivity index (χ0) is 11.1. The van der Waals surface area contributed by atoms with Crippen molar-refractivity contribution in [3.8, 4) is 0 Å². The molecule has 1 aliphatic heterocycles. The third-order valence-corrected chi connectivity index (χ3v) is 5.18. The van der Waals surface area contributed by atoms with Crippen LogP contribution in [0.3, 0.4) is 0 Å². The standard InChI is InChI=1S/C12H22N2S/c1-4-12(2,3)8-5-6-9-10(7-8)15-11(13)14-9/h8,11,14H,4-7,13H2,1-3H3. The van der Waals surface area contributed by atoms with Gasteiger partial charge < -0.3 is 11.1 Å². The van der Waals surface area contributed by atoms with Crippen molar-refractivity contribution in [1.29, 1.82) is 0 Å². The largest absolute Gasteiger partial charge is 0.364 e. The summed E-state index contributed by atoms with van der Waals surface area (Å²) in [5, 5.41) is 3.37. The second kappa shape index (κ2) is 4.02. The monoisotopic (exact) mass is 226 g/mol. The predicted molar refractivity (Wildman–Crippen MR) is 67.1 cm³/mol. The van der Waals surface area contributed by atoms with Gasteiger partial charge in [-0.25, -0.2) is 0 Å². The fourth-order valence-electron chi connectivity index (χ4n) is 2.49. The van der Waals surface area contributed by atoms with Gasteiger partial charge in [0, 0.05) is 10.6 Å². The van der Waals surface area contributed by atoms with E-state index in [2.05, 4.69) is 26.1 Å². The Kier molecular flexibility index (Phi) is 3.04. The Morgan fingerprint density at radius 3 is 2.93 bits per heavy atom. The van der Waals surface area contributed by atoms with Gasteiger partial charge in [0.1, 0.15) is 5.50 Å². The molecule has 0 aromatic heterocycles. The Labute approximate surface area is 97.1 Å². The van der Waals surface area contributed by atoms with Crippen molar-refractivity contribution in [2.75, 3.05) is 0 Å². The molecule has 0 fully saturated rings. The molecular weight excluding hydrogens is 204 g/mol. The first-order valence-corrected chi connectivity index (χ1v) is 6.81. The Morgan fingerprint density at radius 2 is 2.27 bits per heavy atom. The number of rotatable bonds is 2. The van der Waals surface area contributed by atoms with Gasteiger partial charge in [-0.15, -0.1) is 0 Å². The van der Waals surface area contributed by atoms with E-state index in [1.165, 1.54) is 36.3 Å². The SMILES string of the molecule is CCC(C)(C)C1CCC2=C(C1)SC(N)N2. The molecule has 0 saturated carbocycles. The first-order valence-electron chi connectivity index (χ1n) is 5.93. The predicted octanol–water partition coefficient (Wildman–Crippen LogP) is 3.01. The molecule has 15 heavy (non-hydrogen) atoms. The van der Waals surface area contributed by atoms with Crippen LogP contribution in [-0.2, 0) is 0 Å². The molecule has 0 aromatic rings. The van der Waals surface area contributed by atoms with Crippen LogP contribution in [0.4, 0.5) is 0 Å². The minimum Gasteiger partial charge on any atom is -0.364 e. The van der Waals surface area contributed by atoms with Gasteiger partial charge in [-0.1, -0.05) is 39.0 Å². The third-order valence-electron chi connectivity index (χ3n) is 4.11. The van der Waals surface area contributed by atoms with Crippen molar-refractivity contribution in [3.05, 3.63) is 10.6 Å². The van der Waals surface area contributed by atoms with Gasteiger partial charge in [0.25, 0.3) is 0 Å². The maximum atomic E-state index is 5.89. The molecule has 2 aliphatic rings. The van der Waals surface area contributed by atoms with Crippen LogP contribution in [0.1, 0.15) is 46.5 Å². The van der Waals surface area contributed by atoms with Crippen LogP contribution in [0, 0.1) is 11.3 Å². The van der Waals surface area contributed by atoms with Gasteiger partial charge in [-0.3, -0.25) is 0 Å². The average Bonchev–Trinajstić information content (AvgIpc) is 2.56. The highest BCUT2D eigenvalue weighted by Gasteiger charge is 2.35. The van der Waals surface area contributed by atoms with Crippen LogP contribution < -0.4 is 11.1 Å². The highest BCUT2D eigenvalue weighted by Crippen LogP contribution is 2.47. The lowest BCUT2D eigenvalue weighted by Gasteiger charge is -2.36. The van der Waals surface area contributed by atoms with Crippen LogP contribution in [0.15, 0.2) is 10.6 Å². The van der Waals surface area contributed by atoms with Crippen molar-refractivity contribution in [2.24, 2.45) is 17.1 Å². The van der Waals surface area contributed by atoms with Gasteiger partial charge in [0.05, 0.1) is 0 Å². The molecule has 0 amide bonds. The van der Waals surface area contributed by atoms with Crippen LogP contribution in [0.5, 0.6) is 0 Å². The summed E-state index contributed by atoms with van der Waals surface area (Å²) < 4.78 is 0. The fourth-order valence-corrected chi connectivity index (χ4v) is 3.60. The maximum absolute atomic E-state index is 5.89. The summed E-state index contributed by atoms with van der Waals surface area (Å²) in [5.41, 5.74) is 7.91. The zero-order valence-corrected chi connectivity index (χ0v) is 10.8. The lowest BCUT2D eigenvalue weighted by Crippen LogP contribution is -2.30. The number of nitrogens with one attached hydrogen (secondary N) is 1. The Morgan fingerprint density at radius 1 is 1.53 bits per heavy atom. The molecule has 0 radical (unpaired) electrons. The van der Waals surface area contributed by atoms with E-state index in [4.69, 9.17) is 5.73 Å². The summed E-state index contributed by atoms with van der Waals surface area (Å²) in [6.45, 7) is 7.10. The normalized spacial score (nSPS) is 31.5. The molecule has 86 valence electrons. The van der Waals surface area contributed by atoms with E-state index in [1.54, 1.807) is 0 Å². The summed E-state index contributed by atoms with van der Waals surface area (Å²) >= 11 is 1.83. The van der Waals surface area contributed by atoms with Gasteiger partial charge >= 0.3 is 0 Å². The molecule has 0 aromatic carbocycles. The van der Waals surface area contributed by atoms with Crippen LogP contribution in [0.2, 0.25) is 0 Å². The smallest absolute Gasteiger partial charge is 0.127 e. The molecular formula is C12H22N2S. The number of hydrogen-bond donors (Lipinski definition) is 2. The van der Waals surface area contributed by atoms with E-state index in [0.29, 0.717) is 5.41 Å². The highest BCUT2D eigenvalue weighted by atomic mass is 32.2. The average molecular weight is 226 g/mol. The van der Waals surface area contributed by atoms with E-state index in [-0.39, 0.29) is 5.50 Å². The summed E-state index contributed by atoms with van der Waals surface area (Å²) in [6.07, 6.45) is 5.02. The number of hydrogen-bond acceptors (Lipinski definition) is 3. The van der Waals surface area contributed by atoms with E-state index in [9.17, 15) is 0 Å². The number of thioether (sulfide) groups is 1. The van der Waals surface area contributed by atoms with Crippen molar-refractivity contribution in [2.45, 2.75) is 52.0 Å². The van der Waals surface area contributed by atoms with Crippen molar-refractivity contribution >= 4 is 11.8 Å². The fraction of sp³-hybridized carbons (Fsp3) is 0.833. The molecule has 3 N–H and O–H groups in total. The number of nitrogens with two attached hydrogens (primary N) is 1. The van der Waals surface area contributed by atoms with Crippen molar-refractivity contribution in [1.82, 2.24) is 5.32 Å². The molecule has 0 bridgehead atoms. The molecule has 1 heterocycles. The van der Waals surface area contributed by atoms with Crippen molar-refractivity contribution < 1.29 is 0 Å². The van der Waals surface area contributed by atoms with Gasteiger partial charge in [-0.2, -0.15) is 0 Å². The molecule has 0 saturated heterocycles. The van der Waals surface area contributed by atoms with Gasteiger partial charge in [-0.05, 0) is 30.6 Å². The first kappa shape index (κ1) is 11.3. The minimum absolute atomic E-state index is 0.110. The Balaban J connectivity index is 2.06. The Hall–Kier alpha value is -0.150. The quantitative estimate of drug-likeness (QED) is 0.760. The summed E-state index contributed by atoms with van der Waals surface area (Å²) in [6, 6.07) is 0. The number of allylic oxidation sites excluding steroid dienone is 2. The lowest BCUT2D eigenvalue weighted by molar-refractivity contribution is 0.185. The minimum atomic E-state index is 0.110. The van der Waals surface area contributed by atoms with Crippen LogP contribution >= 0.6 is 11.8 Å². The molecule has 2 atom stereocenters. The van der Waals surface area contributed by atoms with E-state index < -0.39 is 0 Å². The molecule has 2 nitrogen and oxygen atoms in total. The molecule has 2 rings (SSSR count). The van der Waals surface area contributed by atoms with E-state index in [0.717, 1.165) is 5.92 Å². The second-order valence-corrected chi connectivity index (χ2v) is 6.60.